The number of carbonyl (C=O) groups excluding carboxylic acids is 1. The van der Waals surface area contributed by atoms with Gasteiger partial charge in [-0.3, -0.25) is 9.78 Å². The Kier molecular flexibility index (Phi) is 3.83. The minimum absolute atomic E-state index is 0.163. The van der Waals surface area contributed by atoms with E-state index in [-0.39, 0.29) is 5.91 Å². The fourth-order valence-electron chi connectivity index (χ4n) is 4.31. The van der Waals surface area contributed by atoms with Crippen molar-refractivity contribution in [3.05, 3.63) is 66.4 Å². The Hall–Kier alpha value is -2.92. The van der Waals surface area contributed by atoms with Crippen molar-refractivity contribution in [3.8, 4) is 0 Å². The zero-order chi connectivity index (χ0) is 18.3. The third-order valence-corrected chi connectivity index (χ3v) is 5.73. The van der Waals surface area contributed by atoms with Gasteiger partial charge in [-0.2, -0.15) is 0 Å². The molecule has 1 aromatic heterocycles. The quantitative estimate of drug-likeness (QED) is 0.738. The molecule has 0 radical (unpaired) electrons. The average molecular weight is 358 g/mol. The molecule has 2 N–H and O–H groups in total. The lowest BCUT2D eigenvalue weighted by Crippen LogP contribution is -2.61. The van der Waals surface area contributed by atoms with Crippen molar-refractivity contribution < 1.29 is 4.79 Å². The third kappa shape index (κ3) is 2.66. The molecular formula is C22H22N4O. The standard InChI is InChI=1S/C22H22N4O/c27-21-22(10-13-23-14-11-22)25-18-8-1-2-9-19(18)26(21)15-17-6-3-5-16-7-4-12-24-20(16)17/h1-9,12,23,25H,10-11,13-15H2. The number of nitrogens with one attached hydrogen (secondary N) is 2. The molecule has 2 aliphatic rings. The maximum absolute atomic E-state index is 13.6. The van der Waals surface area contributed by atoms with Crippen LogP contribution in [0.1, 0.15) is 18.4 Å². The van der Waals surface area contributed by atoms with E-state index in [0.717, 1.165) is 53.8 Å². The van der Waals surface area contributed by atoms with Crippen LogP contribution in [-0.4, -0.2) is 29.5 Å². The van der Waals surface area contributed by atoms with Gasteiger partial charge >= 0.3 is 0 Å². The van der Waals surface area contributed by atoms with E-state index in [1.165, 1.54) is 0 Å². The summed E-state index contributed by atoms with van der Waals surface area (Å²) >= 11 is 0. The molecule has 0 saturated carbocycles. The lowest BCUT2D eigenvalue weighted by Gasteiger charge is -2.46. The highest BCUT2D eigenvalue weighted by atomic mass is 16.2. The van der Waals surface area contributed by atoms with E-state index in [4.69, 9.17) is 0 Å². The molecule has 136 valence electrons. The molecule has 1 fully saturated rings. The highest BCUT2D eigenvalue weighted by molar-refractivity contribution is 6.08. The van der Waals surface area contributed by atoms with Crippen molar-refractivity contribution in [2.75, 3.05) is 23.3 Å². The van der Waals surface area contributed by atoms with Gasteiger partial charge in [-0.25, -0.2) is 0 Å². The fraction of sp³-hybridized carbons (Fsp3) is 0.273. The number of rotatable bonds is 2. The van der Waals surface area contributed by atoms with Crippen LogP contribution in [0.2, 0.25) is 0 Å². The maximum atomic E-state index is 13.6. The van der Waals surface area contributed by atoms with E-state index in [2.05, 4.69) is 39.9 Å². The normalized spacial score (nSPS) is 18.4. The fourth-order valence-corrected chi connectivity index (χ4v) is 4.31. The molecule has 0 atom stereocenters. The first kappa shape index (κ1) is 16.3. The van der Waals surface area contributed by atoms with Gasteiger partial charge in [0.1, 0.15) is 5.54 Å². The smallest absolute Gasteiger partial charge is 0.253 e. The van der Waals surface area contributed by atoms with E-state index in [1.54, 1.807) is 0 Å². The van der Waals surface area contributed by atoms with Gasteiger partial charge < -0.3 is 15.5 Å². The largest absolute Gasteiger partial charge is 0.369 e. The van der Waals surface area contributed by atoms with Gasteiger partial charge in [0.15, 0.2) is 0 Å². The molecular weight excluding hydrogens is 336 g/mol. The molecule has 5 rings (SSSR count). The molecule has 0 bridgehead atoms. The summed E-state index contributed by atoms with van der Waals surface area (Å²) in [4.78, 5) is 20.1. The van der Waals surface area contributed by atoms with Crippen molar-refractivity contribution in [2.24, 2.45) is 0 Å². The summed E-state index contributed by atoms with van der Waals surface area (Å²) in [7, 11) is 0. The van der Waals surface area contributed by atoms with Crippen LogP contribution < -0.4 is 15.5 Å². The minimum atomic E-state index is -0.516. The molecule has 3 aromatic rings. The van der Waals surface area contributed by atoms with E-state index in [0.29, 0.717) is 6.54 Å². The molecule has 1 amide bonds. The zero-order valence-electron chi connectivity index (χ0n) is 15.1. The number of hydrogen-bond acceptors (Lipinski definition) is 4. The number of fused-ring (bicyclic) bond motifs is 2. The lowest BCUT2D eigenvalue weighted by atomic mass is 9.84. The van der Waals surface area contributed by atoms with Crippen LogP contribution in [0.5, 0.6) is 0 Å². The number of carbonyl (C=O) groups is 1. The second-order valence-electron chi connectivity index (χ2n) is 7.36. The number of anilines is 2. The first-order chi connectivity index (χ1) is 13.3. The highest BCUT2D eigenvalue weighted by Gasteiger charge is 2.46. The van der Waals surface area contributed by atoms with Crippen LogP contribution in [0.3, 0.4) is 0 Å². The van der Waals surface area contributed by atoms with Crippen molar-refractivity contribution in [1.29, 1.82) is 0 Å². The highest BCUT2D eigenvalue weighted by Crippen LogP contribution is 2.40. The molecule has 3 heterocycles. The monoisotopic (exact) mass is 358 g/mol. The second-order valence-corrected chi connectivity index (χ2v) is 7.36. The Morgan fingerprint density at radius 3 is 2.70 bits per heavy atom. The number of nitrogens with zero attached hydrogens (tertiary/aromatic N) is 2. The molecule has 0 aliphatic carbocycles. The van der Waals surface area contributed by atoms with Gasteiger partial charge in [-0.1, -0.05) is 36.4 Å². The first-order valence-corrected chi connectivity index (χ1v) is 9.49. The summed E-state index contributed by atoms with van der Waals surface area (Å²) in [5.74, 6) is 0.163. The molecule has 5 heteroatoms. The van der Waals surface area contributed by atoms with E-state index >= 15 is 0 Å². The van der Waals surface area contributed by atoms with Gasteiger partial charge in [0.2, 0.25) is 0 Å². The predicted molar refractivity (Wildman–Crippen MR) is 108 cm³/mol. The summed E-state index contributed by atoms with van der Waals surface area (Å²) in [6.07, 6.45) is 3.41. The van der Waals surface area contributed by atoms with Crippen LogP contribution in [0.15, 0.2) is 60.8 Å². The van der Waals surface area contributed by atoms with Crippen LogP contribution in [0.4, 0.5) is 11.4 Å². The summed E-state index contributed by atoms with van der Waals surface area (Å²) in [5, 5.41) is 8.04. The van der Waals surface area contributed by atoms with Gasteiger partial charge in [-0.15, -0.1) is 0 Å². The molecule has 2 aliphatic heterocycles. The Morgan fingerprint density at radius 1 is 1.00 bits per heavy atom. The van der Waals surface area contributed by atoms with E-state index in [1.807, 2.05) is 41.4 Å². The summed E-state index contributed by atoms with van der Waals surface area (Å²) < 4.78 is 0. The number of hydrogen-bond donors (Lipinski definition) is 2. The van der Waals surface area contributed by atoms with Gasteiger partial charge in [0.05, 0.1) is 23.4 Å². The number of benzene rings is 2. The SMILES string of the molecule is O=C1N(Cc2cccc3cccnc23)c2ccccc2NC12CCNCC2. The summed E-state index contributed by atoms with van der Waals surface area (Å²) in [6.45, 7) is 2.23. The van der Waals surface area contributed by atoms with Crippen molar-refractivity contribution in [1.82, 2.24) is 10.3 Å². The van der Waals surface area contributed by atoms with Crippen LogP contribution in [0.25, 0.3) is 10.9 Å². The number of para-hydroxylation sites is 3. The zero-order valence-corrected chi connectivity index (χ0v) is 15.1. The van der Waals surface area contributed by atoms with E-state index in [9.17, 15) is 4.79 Å². The average Bonchev–Trinajstić information content (AvgIpc) is 2.72. The molecule has 5 nitrogen and oxygen atoms in total. The Morgan fingerprint density at radius 2 is 1.81 bits per heavy atom. The Labute approximate surface area is 158 Å². The maximum Gasteiger partial charge on any atom is 0.253 e. The minimum Gasteiger partial charge on any atom is -0.369 e. The van der Waals surface area contributed by atoms with Crippen LogP contribution in [0, 0.1) is 0 Å². The Balaban J connectivity index is 1.60. The lowest BCUT2D eigenvalue weighted by molar-refractivity contribution is -0.124. The molecule has 1 spiro atoms. The number of piperidine rings is 1. The van der Waals surface area contributed by atoms with Gasteiger partial charge in [0, 0.05) is 11.6 Å². The van der Waals surface area contributed by atoms with Crippen LogP contribution in [-0.2, 0) is 11.3 Å². The van der Waals surface area contributed by atoms with Crippen molar-refractivity contribution >= 4 is 28.2 Å². The second kappa shape index (κ2) is 6.35. The number of aromatic nitrogens is 1. The van der Waals surface area contributed by atoms with Crippen molar-refractivity contribution in [3.63, 3.8) is 0 Å². The Bertz CT molecular complexity index is 1000. The summed E-state index contributed by atoms with van der Waals surface area (Å²) in [5.41, 5.74) is 3.50. The molecule has 1 saturated heterocycles. The van der Waals surface area contributed by atoms with Crippen molar-refractivity contribution in [2.45, 2.75) is 24.9 Å². The molecule has 0 unspecified atom stereocenters. The first-order valence-electron chi connectivity index (χ1n) is 9.49. The van der Waals surface area contributed by atoms with Gasteiger partial charge in [0.25, 0.3) is 5.91 Å². The third-order valence-electron chi connectivity index (χ3n) is 5.73. The van der Waals surface area contributed by atoms with Crippen LogP contribution >= 0.6 is 0 Å². The predicted octanol–water partition coefficient (Wildman–Crippen LogP) is 3.32. The molecule has 27 heavy (non-hydrogen) atoms. The number of amides is 1. The van der Waals surface area contributed by atoms with Gasteiger partial charge in [-0.05, 0) is 49.7 Å². The summed E-state index contributed by atoms with van der Waals surface area (Å²) in [6, 6.07) is 18.3. The molecule has 2 aromatic carbocycles. The van der Waals surface area contributed by atoms with E-state index < -0.39 is 5.54 Å². The topological polar surface area (TPSA) is 57.3 Å². The number of pyridine rings is 1.